The largest absolute Gasteiger partial charge is 0.492 e. The van der Waals surface area contributed by atoms with Crippen LogP contribution in [-0.2, 0) is 6.18 Å². The van der Waals surface area contributed by atoms with Crippen LogP contribution in [0, 0.1) is 0 Å². The van der Waals surface area contributed by atoms with Gasteiger partial charge in [-0.05, 0) is 32.3 Å². The highest BCUT2D eigenvalue weighted by Gasteiger charge is 2.30. The van der Waals surface area contributed by atoms with E-state index >= 15 is 0 Å². The zero-order valence-corrected chi connectivity index (χ0v) is 13.5. The summed E-state index contributed by atoms with van der Waals surface area (Å²) in [6.45, 7) is 1.62. The zero-order valence-electron chi connectivity index (χ0n) is 13.5. The van der Waals surface area contributed by atoms with E-state index in [0.29, 0.717) is 6.54 Å². The Bertz CT molecular complexity index is 507. The number of amides is 2. The molecule has 0 saturated carbocycles. The van der Waals surface area contributed by atoms with E-state index in [-0.39, 0.29) is 24.9 Å². The molecule has 0 atom stereocenters. The molecule has 0 aliphatic heterocycles. The first kappa shape index (κ1) is 19.1. The summed E-state index contributed by atoms with van der Waals surface area (Å²) in [5.74, 6) is 0.126. The highest BCUT2D eigenvalue weighted by Crippen LogP contribution is 2.31. The maximum atomic E-state index is 12.6. The van der Waals surface area contributed by atoms with Crippen molar-refractivity contribution in [2.75, 3.05) is 47.4 Å². The van der Waals surface area contributed by atoms with Crippen LogP contribution in [0.1, 0.15) is 5.56 Å². The maximum absolute atomic E-state index is 12.6. The van der Waals surface area contributed by atoms with Crippen molar-refractivity contribution in [3.8, 4) is 5.75 Å². The molecule has 8 heteroatoms. The summed E-state index contributed by atoms with van der Waals surface area (Å²) in [6, 6.07) is 4.41. The Morgan fingerprint density at radius 1 is 1.22 bits per heavy atom. The van der Waals surface area contributed by atoms with E-state index in [1.165, 1.54) is 17.0 Å². The number of alkyl halides is 3. The van der Waals surface area contributed by atoms with Crippen LogP contribution in [-0.4, -0.2) is 63.2 Å². The summed E-state index contributed by atoms with van der Waals surface area (Å²) < 4.78 is 43.0. The van der Waals surface area contributed by atoms with Gasteiger partial charge in [0.05, 0.1) is 12.1 Å². The Morgan fingerprint density at radius 3 is 2.52 bits per heavy atom. The van der Waals surface area contributed by atoms with Gasteiger partial charge in [0.25, 0.3) is 0 Å². The van der Waals surface area contributed by atoms with Gasteiger partial charge in [-0.25, -0.2) is 4.79 Å². The molecule has 2 amide bonds. The smallest absolute Gasteiger partial charge is 0.416 e. The second kappa shape index (κ2) is 8.61. The number of benzene rings is 1. The van der Waals surface area contributed by atoms with Crippen molar-refractivity contribution in [1.29, 1.82) is 0 Å². The third kappa shape index (κ3) is 7.23. The fraction of sp³-hybridized carbons (Fsp3) is 0.533. The normalized spacial score (nSPS) is 11.4. The Balaban J connectivity index is 2.37. The van der Waals surface area contributed by atoms with Crippen LogP contribution in [0.3, 0.4) is 0 Å². The Labute approximate surface area is 134 Å². The lowest BCUT2D eigenvalue weighted by atomic mass is 10.2. The minimum absolute atomic E-state index is 0.110. The molecule has 1 aromatic carbocycles. The van der Waals surface area contributed by atoms with Crippen molar-refractivity contribution in [2.24, 2.45) is 0 Å². The molecular formula is C15H22F3N3O2. The molecule has 0 saturated heterocycles. The van der Waals surface area contributed by atoms with Crippen molar-refractivity contribution in [3.05, 3.63) is 29.8 Å². The molecule has 130 valence electrons. The molecule has 1 rings (SSSR count). The fourth-order valence-corrected chi connectivity index (χ4v) is 1.69. The van der Waals surface area contributed by atoms with Crippen LogP contribution in [0.5, 0.6) is 5.75 Å². The molecule has 1 aromatic rings. The zero-order chi connectivity index (χ0) is 17.5. The maximum Gasteiger partial charge on any atom is 0.416 e. The number of rotatable bonds is 7. The molecule has 0 aliphatic carbocycles. The third-order valence-corrected chi connectivity index (χ3v) is 3.04. The van der Waals surface area contributed by atoms with Gasteiger partial charge in [0, 0.05) is 20.1 Å². The number of carbonyl (C=O) groups excluding carboxylic acids is 1. The number of likely N-dealkylation sites (N-methyl/N-ethyl adjacent to an activating group) is 2. The van der Waals surface area contributed by atoms with Crippen molar-refractivity contribution in [3.63, 3.8) is 0 Å². The van der Waals surface area contributed by atoms with E-state index in [9.17, 15) is 18.0 Å². The Morgan fingerprint density at radius 2 is 1.91 bits per heavy atom. The number of urea groups is 1. The van der Waals surface area contributed by atoms with E-state index in [0.717, 1.165) is 18.7 Å². The summed E-state index contributed by atoms with van der Waals surface area (Å²) >= 11 is 0. The molecule has 0 aromatic heterocycles. The molecule has 0 aliphatic rings. The van der Waals surface area contributed by atoms with E-state index < -0.39 is 11.7 Å². The van der Waals surface area contributed by atoms with Crippen LogP contribution in [0.15, 0.2) is 24.3 Å². The van der Waals surface area contributed by atoms with Crippen LogP contribution in [0.4, 0.5) is 18.0 Å². The first-order chi connectivity index (χ1) is 10.7. The van der Waals surface area contributed by atoms with Crippen LogP contribution in [0.25, 0.3) is 0 Å². The minimum Gasteiger partial charge on any atom is -0.492 e. The predicted octanol–water partition coefficient (Wildman–Crippen LogP) is 2.29. The van der Waals surface area contributed by atoms with Crippen molar-refractivity contribution < 1.29 is 22.7 Å². The van der Waals surface area contributed by atoms with Gasteiger partial charge < -0.3 is 19.9 Å². The third-order valence-electron chi connectivity index (χ3n) is 3.04. The molecule has 0 unspecified atom stereocenters. The SMILES string of the molecule is CN(C)CCNC(=O)N(C)CCOc1cccc(C(F)(F)F)c1. The molecule has 0 spiro atoms. The van der Waals surface area contributed by atoms with Crippen LogP contribution in [0.2, 0.25) is 0 Å². The predicted molar refractivity (Wildman–Crippen MR) is 81.5 cm³/mol. The first-order valence-corrected chi connectivity index (χ1v) is 7.14. The minimum atomic E-state index is -4.40. The van der Waals surface area contributed by atoms with Crippen LogP contribution < -0.4 is 10.1 Å². The average Bonchev–Trinajstić information content (AvgIpc) is 2.46. The standard InChI is InChI=1S/C15H22F3N3O2/c1-20(2)8-7-19-14(22)21(3)9-10-23-13-6-4-5-12(11-13)15(16,17)18/h4-6,11H,7-10H2,1-3H3,(H,19,22). The summed E-state index contributed by atoms with van der Waals surface area (Å²) in [5, 5.41) is 2.73. The van der Waals surface area contributed by atoms with E-state index in [2.05, 4.69) is 5.32 Å². The molecule has 0 radical (unpaired) electrons. The second-order valence-electron chi connectivity index (χ2n) is 5.33. The quantitative estimate of drug-likeness (QED) is 0.833. The van der Waals surface area contributed by atoms with E-state index in [1.807, 2.05) is 19.0 Å². The first-order valence-electron chi connectivity index (χ1n) is 7.14. The van der Waals surface area contributed by atoms with Crippen molar-refractivity contribution in [2.45, 2.75) is 6.18 Å². The highest BCUT2D eigenvalue weighted by molar-refractivity contribution is 5.73. The fourth-order valence-electron chi connectivity index (χ4n) is 1.69. The lowest BCUT2D eigenvalue weighted by Gasteiger charge is -2.19. The molecular weight excluding hydrogens is 311 g/mol. The van der Waals surface area contributed by atoms with Gasteiger partial charge in [-0.3, -0.25) is 0 Å². The van der Waals surface area contributed by atoms with Gasteiger partial charge in [0.1, 0.15) is 12.4 Å². The van der Waals surface area contributed by atoms with E-state index in [4.69, 9.17) is 4.74 Å². The molecule has 0 fully saturated rings. The molecule has 5 nitrogen and oxygen atoms in total. The van der Waals surface area contributed by atoms with Gasteiger partial charge in [-0.1, -0.05) is 6.07 Å². The van der Waals surface area contributed by atoms with Gasteiger partial charge >= 0.3 is 12.2 Å². The lowest BCUT2D eigenvalue weighted by molar-refractivity contribution is -0.137. The Kier molecular flexibility index (Phi) is 7.15. The number of hydrogen-bond acceptors (Lipinski definition) is 3. The van der Waals surface area contributed by atoms with E-state index in [1.54, 1.807) is 7.05 Å². The van der Waals surface area contributed by atoms with Gasteiger partial charge in [-0.15, -0.1) is 0 Å². The number of nitrogens with one attached hydrogen (secondary N) is 1. The van der Waals surface area contributed by atoms with Crippen molar-refractivity contribution >= 4 is 6.03 Å². The molecule has 0 heterocycles. The van der Waals surface area contributed by atoms with Gasteiger partial charge in [0.15, 0.2) is 0 Å². The second-order valence-corrected chi connectivity index (χ2v) is 5.33. The summed E-state index contributed by atoms with van der Waals surface area (Å²) in [5.41, 5.74) is -0.759. The number of hydrogen-bond donors (Lipinski definition) is 1. The lowest BCUT2D eigenvalue weighted by Crippen LogP contribution is -2.41. The topological polar surface area (TPSA) is 44.8 Å². The number of nitrogens with zero attached hydrogens (tertiary/aromatic N) is 2. The summed E-state index contributed by atoms with van der Waals surface area (Å²) in [4.78, 5) is 15.1. The number of carbonyl (C=O) groups is 1. The summed E-state index contributed by atoms with van der Waals surface area (Å²) in [6.07, 6.45) is -4.40. The van der Waals surface area contributed by atoms with Gasteiger partial charge in [-0.2, -0.15) is 13.2 Å². The van der Waals surface area contributed by atoms with Crippen LogP contribution >= 0.6 is 0 Å². The van der Waals surface area contributed by atoms with Gasteiger partial charge in [0.2, 0.25) is 0 Å². The highest BCUT2D eigenvalue weighted by atomic mass is 19.4. The molecule has 23 heavy (non-hydrogen) atoms. The monoisotopic (exact) mass is 333 g/mol. The Hall–Kier alpha value is -1.96. The number of halogens is 3. The summed E-state index contributed by atoms with van der Waals surface area (Å²) in [7, 11) is 5.40. The van der Waals surface area contributed by atoms with Crippen molar-refractivity contribution in [1.82, 2.24) is 15.1 Å². The molecule has 0 bridgehead atoms. The molecule has 1 N–H and O–H groups in total. The number of ether oxygens (including phenoxy) is 1. The average molecular weight is 333 g/mol.